The Hall–Kier alpha value is -4.09. The van der Waals surface area contributed by atoms with Gasteiger partial charge >= 0.3 is 0 Å². The van der Waals surface area contributed by atoms with Crippen LogP contribution in [0.2, 0.25) is 0 Å². The molecule has 6 rings (SSSR count). The minimum Gasteiger partial charge on any atom is -0.496 e. The quantitative estimate of drug-likeness (QED) is 0.278. The molecule has 1 amide bonds. The van der Waals surface area contributed by atoms with Gasteiger partial charge in [-0.3, -0.25) is 4.79 Å². The molecule has 5 nitrogen and oxygen atoms in total. The molecule has 0 aromatic heterocycles. The summed E-state index contributed by atoms with van der Waals surface area (Å²) >= 11 is 0. The number of nitrogens with zero attached hydrogens (tertiary/aromatic N) is 1. The van der Waals surface area contributed by atoms with E-state index in [2.05, 4.69) is 48.5 Å². The zero-order chi connectivity index (χ0) is 29.3. The zero-order valence-electron chi connectivity index (χ0n) is 24.6. The van der Waals surface area contributed by atoms with Crippen molar-refractivity contribution in [2.45, 2.75) is 36.7 Å². The molecule has 4 aromatic rings. The maximum Gasteiger partial charge on any atom is 0.229 e. The fraction of sp³-hybridized carbons (Fsp3) is 0.324. The number of carbonyl (C=O) groups excluding carboxylic acids is 1. The van der Waals surface area contributed by atoms with Crippen LogP contribution >= 0.6 is 0 Å². The molecule has 2 fully saturated rings. The number of aliphatic hydroxyl groups is 1. The number of carbonyl (C=O) groups is 1. The van der Waals surface area contributed by atoms with Gasteiger partial charge in [0.25, 0.3) is 0 Å². The van der Waals surface area contributed by atoms with Crippen molar-refractivity contribution < 1.29 is 19.4 Å². The van der Waals surface area contributed by atoms with Crippen LogP contribution in [0.5, 0.6) is 11.5 Å². The number of fused-ring (bicyclic) bond motifs is 1. The first-order valence-electron chi connectivity index (χ1n) is 14.8. The lowest BCUT2D eigenvalue weighted by molar-refractivity contribution is -0.132. The van der Waals surface area contributed by atoms with Crippen molar-refractivity contribution in [3.8, 4) is 11.5 Å². The predicted molar refractivity (Wildman–Crippen MR) is 165 cm³/mol. The van der Waals surface area contributed by atoms with Crippen molar-refractivity contribution in [3.05, 3.63) is 131 Å². The standard InChI is InChI=1S/C37H39NO4/c1-26(29-18-10-12-20-33(29)41-2)35(39)38-24-31-32(25-38)37(40,30-19-11-13-21-34(30)42-3)23-22-36(31,27-14-6-4-7-15-27)28-16-8-5-9-17-28/h4-21,26,31-32,40H,22-25H2,1-3H3/t26?,31-,32+,37+/m1/s1. The third-order valence-electron chi connectivity index (χ3n) is 9.91. The Labute approximate surface area is 248 Å². The number of para-hydroxylation sites is 2. The molecule has 1 heterocycles. The van der Waals surface area contributed by atoms with Crippen molar-refractivity contribution in [2.75, 3.05) is 27.3 Å². The first kappa shape index (κ1) is 28.0. The average Bonchev–Trinajstić information content (AvgIpc) is 3.52. The lowest BCUT2D eigenvalue weighted by atomic mass is 9.52. The Morgan fingerprint density at radius 1 is 0.738 bits per heavy atom. The van der Waals surface area contributed by atoms with Gasteiger partial charge < -0.3 is 19.5 Å². The Balaban J connectivity index is 1.49. The number of amides is 1. The molecule has 0 radical (unpaired) electrons. The molecule has 216 valence electrons. The van der Waals surface area contributed by atoms with Gasteiger partial charge in [-0.15, -0.1) is 0 Å². The number of ether oxygens (including phenoxy) is 2. The fourth-order valence-electron chi connectivity index (χ4n) is 7.85. The highest BCUT2D eigenvalue weighted by Crippen LogP contribution is 2.60. The summed E-state index contributed by atoms with van der Waals surface area (Å²) in [6.07, 6.45) is 1.28. The van der Waals surface area contributed by atoms with Gasteiger partial charge in [0.15, 0.2) is 0 Å². The molecule has 1 saturated heterocycles. The van der Waals surface area contributed by atoms with Gasteiger partial charge in [0.1, 0.15) is 11.5 Å². The summed E-state index contributed by atoms with van der Waals surface area (Å²) in [4.78, 5) is 16.3. The molecule has 5 heteroatoms. The fourth-order valence-corrected chi connectivity index (χ4v) is 7.85. The van der Waals surface area contributed by atoms with Crippen LogP contribution < -0.4 is 9.47 Å². The van der Waals surface area contributed by atoms with E-state index in [9.17, 15) is 9.90 Å². The third kappa shape index (κ3) is 4.47. The van der Waals surface area contributed by atoms with Gasteiger partial charge in [-0.1, -0.05) is 97.1 Å². The van der Waals surface area contributed by atoms with Crippen LogP contribution in [-0.2, 0) is 15.8 Å². The van der Waals surface area contributed by atoms with Gasteiger partial charge in [0, 0.05) is 35.5 Å². The van der Waals surface area contributed by atoms with E-state index in [1.165, 1.54) is 11.1 Å². The van der Waals surface area contributed by atoms with Crippen molar-refractivity contribution in [3.63, 3.8) is 0 Å². The smallest absolute Gasteiger partial charge is 0.229 e. The largest absolute Gasteiger partial charge is 0.496 e. The molecule has 4 atom stereocenters. The van der Waals surface area contributed by atoms with Crippen LogP contribution in [0.4, 0.5) is 0 Å². The number of rotatable bonds is 7. The molecule has 1 aliphatic heterocycles. The highest BCUT2D eigenvalue weighted by Gasteiger charge is 2.61. The summed E-state index contributed by atoms with van der Waals surface area (Å²) in [5.41, 5.74) is 2.58. The molecule has 42 heavy (non-hydrogen) atoms. The van der Waals surface area contributed by atoms with E-state index in [4.69, 9.17) is 9.47 Å². The van der Waals surface area contributed by atoms with Crippen LogP contribution in [-0.4, -0.2) is 43.2 Å². The van der Waals surface area contributed by atoms with E-state index < -0.39 is 5.60 Å². The van der Waals surface area contributed by atoms with E-state index >= 15 is 0 Å². The summed E-state index contributed by atoms with van der Waals surface area (Å²) in [5, 5.41) is 12.8. The van der Waals surface area contributed by atoms with Crippen molar-refractivity contribution in [1.82, 2.24) is 4.90 Å². The van der Waals surface area contributed by atoms with E-state index in [-0.39, 0.29) is 29.1 Å². The summed E-state index contributed by atoms with van der Waals surface area (Å²) in [5.74, 6) is 0.813. The van der Waals surface area contributed by atoms with E-state index in [1.54, 1.807) is 14.2 Å². The lowest BCUT2D eigenvalue weighted by Gasteiger charge is -2.53. The van der Waals surface area contributed by atoms with E-state index in [0.717, 1.165) is 17.5 Å². The topological polar surface area (TPSA) is 59.0 Å². The average molecular weight is 562 g/mol. The van der Waals surface area contributed by atoms with Gasteiger partial charge in [-0.2, -0.15) is 0 Å². The SMILES string of the molecule is COc1ccccc1C(C)C(=O)N1C[C@@H]2[C@H](C1)[C@@](O)(c1ccccc1OC)CCC2(c1ccccc1)c1ccccc1. The molecule has 4 aromatic carbocycles. The maximum atomic E-state index is 14.3. The molecular weight excluding hydrogens is 522 g/mol. The first-order chi connectivity index (χ1) is 20.4. The summed E-state index contributed by atoms with van der Waals surface area (Å²) in [6.45, 7) is 2.96. The second-order valence-corrected chi connectivity index (χ2v) is 11.7. The molecule has 0 spiro atoms. The Bertz CT molecular complexity index is 1500. The monoisotopic (exact) mass is 561 g/mol. The zero-order valence-corrected chi connectivity index (χ0v) is 24.6. The molecule has 2 aliphatic rings. The normalized spacial score (nSPS) is 23.6. The van der Waals surface area contributed by atoms with Gasteiger partial charge in [-0.05, 0) is 48.9 Å². The van der Waals surface area contributed by atoms with Crippen molar-refractivity contribution in [2.24, 2.45) is 11.8 Å². The summed E-state index contributed by atoms with van der Waals surface area (Å²) < 4.78 is 11.4. The lowest BCUT2D eigenvalue weighted by Crippen LogP contribution is -2.53. The summed E-state index contributed by atoms with van der Waals surface area (Å²) in [7, 11) is 3.29. The Morgan fingerprint density at radius 3 is 1.88 bits per heavy atom. The molecule has 0 bridgehead atoms. The number of benzene rings is 4. The van der Waals surface area contributed by atoms with Crippen LogP contribution in [0.15, 0.2) is 109 Å². The third-order valence-corrected chi connectivity index (χ3v) is 9.91. The molecule has 1 saturated carbocycles. The maximum absolute atomic E-state index is 14.3. The second-order valence-electron chi connectivity index (χ2n) is 11.7. The Morgan fingerprint density at radius 2 is 1.26 bits per heavy atom. The number of hydrogen-bond acceptors (Lipinski definition) is 4. The summed E-state index contributed by atoms with van der Waals surface area (Å²) in [6, 6.07) is 36.8. The predicted octanol–water partition coefficient (Wildman–Crippen LogP) is 6.55. The van der Waals surface area contributed by atoms with E-state index in [0.29, 0.717) is 31.0 Å². The van der Waals surface area contributed by atoms with Gasteiger partial charge in [0.2, 0.25) is 5.91 Å². The van der Waals surface area contributed by atoms with Crippen LogP contribution in [0.1, 0.15) is 47.9 Å². The van der Waals surface area contributed by atoms with Crippen LogP contribution in [0.3, 0.4) is 0 Å². The molecule has 1 N–H and O–H groups in total. The second kappa shape index (κ2) is 11.3. The molecule has 1 aliphatic carbocycles. The molecular formula is C37H39NO4. The van der Waals surface area contributed by atoms with Crippen molar-refractivity contribution >= 4 is 5.91 Å². The van der Waals surface area contributed by atoms with Crippen LogP contribution in [0.25, 0.3) is 0 Å². The first-order valence-corrected chi connectivity index (χ1v) is 14.8. The van der Waals surface area contributed by atoms with Gasteiger partial charge in [0.05, 0.1) is 25.7 Å². The highest BCUT2D eigenvalue weighted by atomic mass is 16.5. The number of methoxy groups -OCH3 is 2. The van der Waals surface area contributed by atoms with Gasteiger partial charge in [-0.25, -0.2) is 0 Å². The number of hydrogen-bond donors (Lipinski definition) is 1. The minimum absolute atomic E-state index is 0.0280. The van der Waals surface area contributed by atoms with Crippen LogP contribution in [0, 0.1) is 11.8 Å². The number of likely N-dealkylation sites (tertiary alicyclic amines) is 1. The molecule has 1 unspecified atom stereocenters. The highest BCUT2D eigenvalue weighted by molar-refractivity contribution is 5.84. The Kier molecular flexibility index (Phi) is 7.54. The minimum atomic E-state index is -1.16. The van der Waals surface area contributed by atoms with E-state index in [1.807, 2.05) is 72.5 Å². The van der Waals surface area contributed by atoms with Crippen molar-refractivity contribution in [1.29, 1.82) is 0 Å².